The van der Waals surface area contributed by atoms with Gasteiger partial charge in [-0.1, -0.05) is 12.1 Å². The lowest BCUT2D eigenvalue weighted by atomic mass is 10.1. The fourth-order valence-electron chi connectivity index (χ4n) is 2.19. The Morgan fingerprint density at radius 2 is 1.95 bits per heavy atom. The average molecular weight is 268 g/mol. The van der Waals surface area contributed by atoms with E-state index in [0.29, 0.717) is 0 Å². The number of pyridine rings is 1. The van der Waals surface area contributed by atoms with Crippen LogP contribution in [0, 0.1) is 0 Å². The van der Waals surface area contributed by atoms with Gasteiger partial charge >= 0.3 is 0 Å². The first-order chi connectivity index (χ1) is 9.78. The van der Waals surface area contributed by atoms with Crippen molar-refractivity contribution in [3.8, 4) is 5.75 Å². The van der Waals surface area contributed by atoms with Gasteiger partial charge in [-0.3, -0.25) is 0 Å². The summed E-state index contributed by atoms with van der Waals surface area (Å²) in [4.78, 5) is 4.38. The Kier molecular flexibility index (Phi) is 3.29. The Balaban J connectivity index is 1.84. The van der Waals surface area contributed by atoms with Crippen molar-refractivity contribution in [2.24, 2.45) is 0 Å². The third-order valence-electron chi connectivity index (χ3n) is 3.35. The van der Waals surface area contributed by atoms with Gasteiger partial charge in [0.1, 0.15) is 17.2 Å². The summed E-state index contributed by atoms with van der Waals surface area (Å²) in [6.45, 7) is 2.10. The van der Waals surface area contributed by atoms with Crippen LogP contribution in [0.2, 0.25) is 0 Å². The zero-order chi connectivity index (χ0) is 13.9. The minimum atomic E-state index is 0.147. The average Bonchev–Trinajstić information content (AvgIpc) is 2.97. The molecule has 0 aliphatic heterocycles. The molecule has 3 aromatic rings. The number of methoxy groups -OCH3 is 1. The monoisotopic (exact) mass is 268 g/mol. The van der Waals surface area contributed by atoms with Gasteiger partial charge < -0.3 is 14.5 Å². The fourth-order valence-corrected chi connectivity index (χ4v) is 2.19. The molecule has 0 aliphatic rings. The van der Waals surface area contributed by atoms with E-state index in [2.05, 4.69) is 17.2 Å². The van der Waals surface area contributed by atoms with Crippen molar-refractivity contribution < 1.29 is 9.15 Å². The van der Waals surface area contributed by atoms with Crippen LogP contribution in [0.3, 0.4) is 0 Å². The topological polar surface area (TPSA) is 47.3 Å². The lowest BCUT2D eigenvalue weighted by Crippen LogP contribution is -2.07. The van der Waals surface area contributed by atoms with Gasteiger partial charge in [0.15, 0.2) is 0 Å². The summed E-state index contributed by atoms with van der Waals surface area (Å²) in [5.41, 5.74) is 2.01. The summed E-state index contributed by atoms with van der Waals surface area (Å²) in [6.07, 6.45) is 3.42. The fraction of sp³-hybridized carbons (Fsp3) is 0.188. The molecule has 20 heavy (non-hydrogen) atoms. The molecule has 0 amide bonds. The Morgan fingerprint density at radius 1 is 1.15 bits per heavy atom. The largest absolute Gasteiger partial charge is 0.497 e. The number of rotatable bonds is 4. The molecule has 0 aliphatic carbocycles. The second kappa shape index (κ2) is 5.25. The van der Waals surface area contributed by atoms with E-state index in [0.717, 1.165) is 22.5 Å². The number of aromatic nitrogens is 1. The highest BCUT2D eigenvalue weighted by atomic mass is 16.5. The molecule has 0 fully saturated rings. The van der Waals surface area contributed by atoms with Gasteiger partial charge in [-0.15, -0.1) is 0 Å². The highest BCUT2D eigenvalue weighted by Crippen LogP contribution is 2.26. The molecule has 0 saturated heterocycles. The van der Waals surface area contributed by atoms with E-state index in [4.69, 9.17) is 9.15 Å². The summed E-state index contributed by atoms with van der Waals surface area (Å²) in [6, 6.07) is 11.9. The van der Waals surface area contributed by atoms with Gasteiger partial charge in [-0.2, -0.15) is 0 Å². The van der Waals surface area contributed by atoms with Crippen LogP contribution in [0.25, 0.3) is 11.0 Å². The van der Waals surface area contributed by atoms with Crippen LogP contribution < -0.4 is 10.1 Å². The van der Waals surface area contributed by atoms with Crippen LogP contribution in [-0.4, -0.2) is 12.1 Å². The first kappa shape index (κ1) is 12.5. The summed E-state index contributed by atoms with van der Waals surface area (Å²) < 4.78 is 10.5. The number of nitrogens with zero attached hydrogens (tertiary/aromatic N) is 1. The first-order valence-electron chi connectivity index (χ1n) is 6.50. The molecule has 0 saturated carbocycles. The summed E-state index contributed by atoms with van der Waals surface area (Å²) in [5.74, 6) is 1.69. The minimum absolute atomic E-state index is 0.147. The molecule has 4 nitrogen and oxygen atoms in total. The second-order valence-electron chi connectivity index (χ2n) is 4.63. The van der Waals surface area contributed by atoms with Crippen LogP contribution in [0.4, 0.5) is 5.82 Å². The van der Waals surface area contributed by atoms with Crippen molar-refractivity contribution in [3.05, 3.63) is 54.4 Å². The highest BCUT2D eigenvalue weighted by Gasteiger charge is 2.10. The Labute approximate surface area is 117 Å². The molecular formula is C16H16N2O2. The molecule has 0 spiro atoms. The maximum Gasteiger partial charge on any atom is 0.139 e. The standard InChI is InChI=1S/C16H16N2O2/c1-11(12-3-5-13(19-2)6-4-12)18-16-14-8-10-20-15(14)7-9-17-16/h3-11H,1-2H3,(H,17,18). The number of anilines is 1. The Morgan fingerprint density at radius 3 is 2.70 bits per heavy atom. The molecule has 0 radical (unpaired) electrons. The smallest absolute Gasteiger partial charge is 0.139 e. The maximum atomic E-state index is 5.38. The number of hydrogen-bond acceptors (Lipinski definition) is 4. The zero-order valence-electron chi connectivity index (χ0n) is 11.5. The molecule has 2 heterocycles. The molecule has 4 heteroatoms. The molecule has 1 unspecified atom stereocenters. The molecule has 1 N–H and O–H groups in total. The van der Waals surface area contributed by atoms with Crippen molar-refractivity contribution in [2.75, 3.05) is 12.4 Å². The predicted molar refractivity (Wildman–Crippen MR) is 79.0 cm³/mol. The van der Waals surface area contributed by atoms with Crippen molar-refractivity contribution in [1.82, 2.24) is 4.98 Å². The van der Waals surface area contributed by atoms with Gasteiger partial charge in [-0.05, 0) is 36.8 Å². The van der Waals surface area contributed by atoms with Crippen LogP contribution in [0.15, 0.2) is 53.3 Å². The molecule has 3 rings (SSSR count). The quantitative estimate of drug-likeness (QED) is 0.776. The zero-order valence-corrected chi connectivity index (χ0v) is 11.5. The van der Waals surface area contributed by atoms with Crippen molar-refractivity contribution >= 4 is 16.8 Å². The third kappa shape index (κ3) is 2.32. The van der Waals surface area contributed by atoms with Crippen LogP contribution in [0.5, 0.6) is 5.75 Å². The predicted octanol–water partition coefficient (Wildman–Crippen LogP) is 4.01. The number of ether oxygens (including phenoxy) is 1. The van der Waals surface area contributed by atoms with E-state index in [9.17, 15) is 0 Å². The van der Waals surface area contributed by atoms with Crippen LogP contribution in [0.1, 0.15) is 18.5 Å². The van der Waals surface area contributed by atoms with E-state index in [1.54, 1.807) is 19.6 Å². The van der Waals surface area contributed by atoms with Crippen molar-refractivity contribution in [1.29, 1.82) is 0 Å². The number of benzene rings is 1. The van der Waals surface area contributed by atoms with Crippen molar-refractivity contribution in [2.45, 2.75) is 13.0 Å². The van der Waals surface area contributed by atoms with Gasteiger partial charge in [0.25, 0.3) is 0 Å². The van der Waals surface area contributed by atoms with Crippen LogP contribution >= 0.6 is 0 Å². The molecule has 102 valence electrons. The van der Waals surface area contributed by atoms with Crippen LogP contribution in [-0.2, 0) is 0 Å². The summed E-state index contributed by atoms with van der Waals surface area (Å²) in [5, 5.41) is 4.41. The van der Waals surface area contributed by atoms with E-state index in [1.165, 1.54) is 5.56 Å². The highest BCUT2D eigenvalue weighted by molar-refractivity contribution is 5.87. The normalized spacial score (nSPS) is 12.3. The summed E-state index contributed by atoms with van der Waals surface area (Å²) in [7, 11) is 1.67. The third-order valence-corrected chi connectivity index (χ3v) is 3.35. The van der Waals surface area contributed by atoms with Gasteiger partial charge in [0.2, 0.25) is 0 Å². The van der Waals surface area contributed by atoms with Crippen molar-refractivity contribution in [3.63, 3.8) is 0 Å². The van der Waals surface area contributed by atoms with Gasteiger partial charge in [0, 0.05) is 12.2 Å². The summed E-state index contributed by atoms with van der Waals surface area (Å²) >= 11 is 0. The lowest BCUT2D eigenvalue weighted by Gasteiger charge is -2.15. The molecule has 0 bridgehead atoms. The van der Waals surface area contributed by atoms with E-state index in [-0.39, 0.29) is 6.04 Å². The number of furan rings is 1. The Hall–Kier alpha value is -2.49. The maximum absolute atomic E-state index is 5.38. The minimum Gasteiger partial charge on any atom is -0.497 e. The van der Waals surface area contributed by atoms with E-state index >= 15 is 0 Å². The van der Waals surface area contributed by atoms with E-state index < -0.39 is 0 Å². The van der Waals surface area contributed by atoms with E-state index in [1.807, 2.05) is 36.4 Å². The molecule has 1 atom stereocenters. The number of hydrogen-bond donors (Lipinski definition) is 1. The van der Waals surface area contributed by atoms with Gasteiger partial charge in [-0.25, -0.2) is 4.98 Å². The SMILES string of the molecule is COc1ccc(C(C)Nc2nccc3occc23)cc1. The Bertz CT molecular complexity index is 704. The first-order valence-corrected chi connectivity index (χ1v) is 6.50. The molecular weight excluding hydrogens is 252 g/mol. The molecule has 1 aromatic carbocycles. The van der Waals surface area contributed by atoms with Gasteiger partial charge in [0.05, 0.1) is 18.8 Å². The molecule has 2 aromatic heterocycles. The second-order valence-corrected chi connectivity index (χ2v) is 4.63. The number of nitrogens with one attached hydrogen (secondary N) is 1. The lowest BCUT2D eigenvalue weighted by molar-refractivity contribution is 0.414. The number of fused-ring (bicyclic) bond motifs is 1.